The van der Waals surface area contributed by atoms with E-state index in [1.807, 2.05) is 0 Å². The van der Waals surface area contributed by atoms with Crippen LogP contribution in [-0.4, -0.2) is 7.11 Å². The Morgan fingerprint density at radius 1 is 0.514 bits per heavy atom. The summed E-state index contributed by atoms with van der Waals surface area (Å²) in [7, 11) is 0.742. The van der Waals surface area contributed by atoms with Crippen molar-refractivity contribution >= 4 is 21.5 Å². The fourth-order valence-electron chi connectivity index (χ4n) is 4.52. The second kappa shape index (κ2) is 8.72. The number of hydrogen-bond donors (Lipinski definition) is 0. The van der Waals surface area contributed by atoms with Crippen molar-refractivity contribution in [2.24, 2.45) is 0 Å². The van der Waals surface area contributed by atoms with Gasteiger partial charge in [0.05, 0.1) is 12.7 Å². The monoisotopic (exact) mass is 522 g/mol. The number of benzene rings is 5. The van der Waals surface area contributed by atoms with Crippen LogP contribution in [0.1, 0.15) is 0 Å². The maximum atomic E-state index is 15.3. The average molecular weight is 522 g/mol. The first-order valence-electron chi connectivity index (χ1n) is 10.5. The van der Waals surface area contributed by atoms with Gasteiger partial charge in [0, 0.05) is 38.9 Å². The van der Waals surface area contributed by atoms with E-state index in [0.717, 1.165) is 37.4 Å². The van der Waals surface area contributed by atoms with Crippen LogP contribution in [0, 0.1) is 52.4 Å². The highest BCUT2D eigenvalue weighted by atomic mass is 19.2. The highest BCUT2D eigenvalue weighted by molar-refractivity contribution is 6.22. The molecule has 5 aromatic carbocycles. The van der Waals surface area contributed by atoms with E-state index in [-0.39, 0.29) is 0 Å². The summed E-state index contributed by atoms with van der Waals surface area (Å²) < 4.78 is 139. The van der Waals surface area contributed by atoms with E-state index in [2.05, 4.69) is 4.74 Å². The van der Waals surface area contributed by atoms with Gasteiger partial charge < -0.3 is 4.74 Å². The summed E-state index contributed by atoms with van der Waals surface area (Å²) in [5.74, 6) is -15.6. The van der Waals surface area contributed by atoms with Crippen LogP contribution in [0.15, 0.2) is 48.5 Å². The number of halogens is 9. The van der Waals surface area contributed by atoms with Crippen molar-refractivity contribution < 1.29 is 44.3 Å². The molecule has 188 valence electrons. The lowest BCUT2D eigenvalue weighted by molar-refractivity contribution is 0.334. The van der Waals surface area contributed by atoms with Crippen LogP contribution in [0.3, 0.4) is 0 Å². The predicted octanol–water partition coefficient (Wildman–Crippen LogP) is 8.59. The summed E-state index contributed by atoms with van der Waals surface area (Å²) in [5.41, 5.74) is -3.56. The van der Waals surface area contributed by atoms with E-state index in [9.17, 15) is 17.6 Å². The number of ether oxygens (including phenoxy) is 1. The molecule has 0 N–H and O–H groups in total. The topological polar surface area (TPSA) is 9.23 Å². The van der Waals surface area contributed by atoms with Gasteiger partial charge in [0.1, 0.15) is 29.1 Å². The lowest BCUT2D eigenvalue weighted by Crippen LogP contribution is -2.06. The first-order chi connectivity index (χ1) is 17.6. The Kier molecular flexibility index (Phi) is 5.77. The minimum Gasteiger partial charge on any atom is -0.491 e. The van der Waals surface area contributed by atoms with Gasteiger partial charge in [-0.05, 0) is 35.7 Å². The third-order valence-electron chi connectivity index (χ3n) is 6.01. The molecule has 0 spiro atoms. The third kappa shape index (κ3) is 3.50. The molecule has 10 heteroatoms. The molecule has 0 aliphatic carbocycles. The van der Waals surface area contributed by atoms with Crippen LogP contribution in [0.5, 0.6) is 5.75 Å². The Labute approximate surface area is 202 Å². The Morgan fingerprint density at radius 3 is 1.65 bits per heavy atom. The maximum Gasteiger partial charge on any atom is 0.204 e. The zero-order valence-corrected chi connectivity index (χ0v) is 18.4. The van der Waals surface area contributed by atoms with Gasteiger partial charge in [-0.3, -0.25) is 0 Å². The lowest BCUT2D eigenvalue weighted by atomic mass is 9.84. The molecule has 5 rings (SSSR count). The number of fused-ring (bicyclic) bond motifs is 2. The van der Waals surface area contributed by atoms with Gasteiger partial charge in [0.25, 0.3) is 0 Å². The first-order valence-corrected chi connectivity index (χ1v) is 10.5. The summed E-state index contributed by atoms with van der Waals surface area (Å²) in [6.07, 6.45) is 0. The normalized spacial score (nSPS) is 11.5. The maximum absolute atomic E-state index is 15.3. The van der Waals surface area contributed by atoms with Crippen LogP contribution < -0.4 is 4.74 Å². The van der Waals surface area contributed by atoms with E-state index < -0.39 is 102 Å². The summed E-state index contributed by atoms with van der Waals surface area (Å²) in [5, 5.41) is -2.96. The van der Waals surface area contributed by atoms with Crippen molar-refractivity contribution in [3.63, 3.8) is 0 Å². The van der Waals surface area contributed by atoms with Crippen molar-refractivity contribution in [1.29, 1.82) is 0 Å². The molecule has 0 heterocycles. The largest absolute Gasteiger partial charge is 0.491 e. The molecule has 0 atom stereocenters. The van der Waals surface area contributed by atoms with E-state index in [0.29, 0.717) is 18.2 Å². The van der Waals surface area contributed by atoms with Gasteiger partial charge in [0.2, 0.25) is 11.6 Å². The van der Waals surface area contributed by atoms with E-state index in [4.69, 9.17) is 0 Å². The molecule has 0 bridgehead atoms. The highest BCUT2D eigenvalue weighted by Crippen LogP contribution is 2.49. The molecular weight excluding hydrogens is 511 g/mol. The van der Waals surface area contributed by atoms with Gasteiger partial charge in [-0.1, -0.05) is 12.1 Å². The first kappa shape index (κ1) is 24.5. The van der Waals surface area contributed by atoms with Crippen LogP contribution in [0.2, 0.25) is 0 Å². The Hall–Kier alpha value is -4.21. The molecule has 0 saturated heterocycles. The van der Waals surface area contributed by atoms with Crippen molar-refractivity contribution in [3.8, 4) is 28.0 Å². The molecule has 0 amide bonds. The summed E-state index contributed by atoms with van der Waals surface area (Å²) >= 11 is 0. The molecule has 37 heavy (non-hydrogen) atoms. The molecular formula is C27H11F9O. The summed E-state index contributed by atoms with van der Waals surface area (Å²) in [6.45, 7) is 0. The fraction of sp³-hybridized carbons (Fsp3) is 0.0370. The van der Waals surface area contributed by atoms with Gasteiger partial charge in [-0.25, -0.2) is 30.7 Å². The van der Waals surface area contributed by atoms with E-state index in [1.165, 1.54) is 0 Å². The molecule has 0 aromatic heterocycles. The van der Waals surface area contributed by atoms with Gasteiger partial charge >= 0.3 is 0 Å². The molecule has 5 aromatic rings. The number of rotatable bonds is 3. The van der Waals surface area contributed by atoms with Gasteiger partial charge in [-0.2, -0.15) is 8.78 Å². The molecule has 1 nitrogen and oxygen atoms in total. The minimum atomic E-state index is -2.06. The van der Waals surface area contributed by atoms with Crippen LogP contribution in [0.25, 0.3) is 43.8 Å². The smallest absolute Gasteiger partial charge is 0.204 e. The molecule has 0 fully saturated rings. The minimum absolute atomic E-state index is 0.395. The zero-order valence-electron chi connectivity index (χ0n) is 18.4. The van der Waals surface area contributed by atoms with Crippen molar-refractivity contribution in [2.75, 3.05) is 7.11 Å². The third-order valence-corrected chi connectivity index (χ3v) is 6.01. The Balaban J connectivity index is 2.14. The summed E-state index contributed by atoms with van der Waals surface area (Å²) in [6, 6.07) is 6.32. The van der Waals surface area contributed by atoms with Crippen molar-refractivity contribution in [3.05, 3.63) is 101 Å². The number of methoxy groups -OCH3 is 1. The fourth-order valence-corrected chi connectivity index (χ4v) is 4.52. The highest BCUT2D eigenvalue weighted by Gasteiger charge is 2.32. The van der Waals surface area contributed by atoms with E-state index >= 15 is 22.0 Å². The molecule has 0 saturated carbocycles. The number of hydrogen-bond acceptors (Lipinski definition) is 1. The van der Waals surface area contributed by atoms with Crippen molar-refractivity contribution in [1.82, 2.24) is 0 Å². The van der Waals surface area contributed by atoms with Crippen LogP contribution >= 0.6 is 0 Å². The second-order valence-electron chi connectivity index (χ2n) is 7.98. The Morgan fingerprint density at radius 2 is 1.08 bits per heavy atom. The molecule has 0 aliphatic heterocycles. The quantitative estimate of drug-likeness (QED) is 0.131. The second-order valence-corrected chi connectivity index (χ2v) is 7.98. The molecule has 0 aliphatic rings. The lowest BCUT2D eigenvalue weighted by Gasteiger charge is -2.20. The molecule has 0 unspecified atom stereocenters. The SMILES string of the molecule is COc1c(F)c(F)c(-c2c3c(F)cccc3c(-c3ccc(F)cc3F)c3c(F)ccc(F)c23)c(F)c1F. The van der Waals surface area contributed by atoms with Crippen LogP contribution in [-0.2, 0) is 0 Å². The zero-order chi connectivity index (χ0) is 26.8. The predicted molar refractivity (Wildman–Crippen MR) is 119 cm³/mol. The Bertz CT molecular complexity index is 1730. The summed E-state index contributed by atoms with van der Waals surface area (Å²) in [4.78, 5) is 0. The van der Waals surface area contributed by atoms with Gasteiger partial charge in [-0.15, -0.1) is 0 Å². The van der Waals surface area contributed by atoms with Gasteiger partial charge in [0.15, 0.2) is 17.4 Å². The average Bonchev–Trinajstić information content (AvgIpc) is 2.86. The standard InChI is InChI=1S/C27H11F9O/c1-37-27-25(35)23(33)22(24(34)26(27)36)21-18-12(3-2-4-13(18)29)17(11-6-5-10(28)9-16(11)32)19-14(30)7-8-15(31)20(19)21/h2-9H,1H3. The van der Waals surface area contributed by atoms with Crippen LogP contribution in [0.4, 0.5) is 39.5 Å². The van der Waals surface area contributed by atoms with Crippen molar-refractivity contribution in [2.45, 2.75) is 0 Å². The van der Waals surface area contributed by atoms with E-state index in [1.54, 1.807) is 0 Å². The molecule has 0 radical (unpaired) electrons.